The fourth-order valence-electron chi connectivity index (χ4n) is 2.72. The van der Waals surface area contributed by atoms with Crippen molar-refractivity contribution in [2.24, 2.45) is 5.41 Å². The molecule has 0 radical (unpaired) electrons. The zero-order chi connectivity index (χ0) is 11.8. The van der Waals surface area contributed by atoms with Crippen LogP contribution >= 0.6 is 0 Å². The van der Waals surface area contributed by atoms with E-state index in [0.29, 0.717) is 10.8 Å². The Morgan fingerprint density at radius 2 is 1.31 bits per heavy atom. The Labute approximate surface area is 100 Å². The topological polar surface area (TPSA) is 0 Å². The third-order valence-corrected chi connectivity index (χ3v) is 4.46. The Balaban J connectivity index is 2.18. The lowest BCUT2D eigenvalue weighted by Gasteiger charge is -2.42. The molecule has 1 saturated carbocycles. The summed E-state index contributed by atoms with van der Waals surface area (Å²) < 4.78 is 0. The molecule has 0 spiro atoms. The highest BCUT2D eigenvalue weighted by atomic mass is 14.4. The number of hydrogen-bond donors (Lipinski definition) is 0. The lowest BCUT2D eigenvalue weighted by atomic mass is 9.63. The molecule has 0 heteroatoms. The molecule has 0 nitrogen and oxygen atoms in total. The molecule has 1 aromatic rings. The van der Waals surface area contributed by atoms with Gasteiger partial charge in [0.25, 0.3) is 0 Å². The number of benzene rings is 1. The summed E-state index contributed by atoms with van der Waals surface area (Å²) in [6.07, 6.45) is 5.39. The molecule has 0 aliphatic heterocycles. The molecule has 0 aromatic heterocycles. The number of hydrogen-bond acceptors (Lipinski definition) is 0. The monoisotopic (exact) mass is 216 g/mol. The van der Waals surface area contributed by atoms with Gasteiger partial charge in [-0.05, 0) is 49.0 Å². The summed E-state index contributed by atoms with van der Waals surface area (Å²) in [5.41, 5.74) is 3.88. The summed E-state index contributed by atoms with van der Waals surface area (Å²) in [6, 6.07) is 9.15. The van der Waals surface area contributed by atoms with Crippen molar-refractivity contribution in [2.45, 2.75) is 58.8 Å². The molecule has 0 unspecified atom stereocenters. The number of aryl methyl sites for hydroxylation is 1. The molecule has 0 atom stereocenters. The molecular formula is C16H24. The first-order valence-corrected chi connectivity index (χ1v) is 6.49. The van der Waals surface area contributed by atoms with E-state index < -0.39 is 0 Å². The molecule has 0 saturated heterocycles. The van der Waals surface area contributed by atoms with Gasteiger partial charge in [-0.15, -0.1) is 0 Å². The van der Waals surface area contributed by atoms with Crippen LogP contribution in [0.2, 0.25) is 0 Å². The maximum atomic E-state index is 2.44. The Kier molecular flexibility index (Phi) is 2.86. The molecule has 0 heterocycles. The maximum Gasteiger partial charge on any atom is -0.00748 e. The van der Waals surface area contributed by atoms with E-state index in [0.717, 1.165) is 0 Å². The highest BCUT2D eigenvalue weighted by Gasteiger charge is 2.35. The highest BCUT2D eigenvalue weighted by Crippen LogP contribution is 2.46. The molecule has 1 aliphatic carbocycles. The normalized spacial score (nSPS) is 23.0. The summed E-state index contributed by atoms with van der Waals surface area (Å²) in [5.74, 6) is 0. The smallest absolute Gasteiger partial charge is 0.00748 e. The Morgan fingerprint density at radius 3 is 1.81 bits per heavy atom. The van der Waals surface area contributed by atoms with Crippen LogP contribution in [0, 0.1) is 12.3 Å². The van der Waals surface area contributed by atoms with Crippen LogP contribution in [-0.4, -0.2) is 0 Å². The molecule has 1 fully saturated rings. The predicted molar refractivity (Wildman–Crippen MR) is 70.8 cm³/mol. The molecule has 0 amide bonds. The minimum Gasteiger partial charge on any atom is -0.0599 e. The summed E-state index contributed by atoms with van der Waals surface area (Å²) in [7, 11) is 0. The zero-order valence-electron chi connectivity index (χ0n) is 11.1. The van der Waals surface area contributed by atoms with Crippen molar-refractivity contribution in [1.29, 1.82) is 0 Å². The van der Waals surface area contributed by atoms with E-state index in [1.807, 2.05) is 0 Å². The largest absolute Gasteiger partial charge is 0.0599 e. The van der Waals surface area contributed by atoms with Crippen molar-refractivity contribution in [2.75, 3.05) is 0 Å². The van der Waals surface area contributed by atoms with Gasteiger partial charge in [0.1, 0.15) is 0 Å². The van der Waals surface area contributed by atoms with Crippen LogP contribution in [0.1, 0.15) is 57.6 Å². The van der Waals surface area contributed by atoms with Crippen molar-refractivity contribution >= 4 is 0 Å². The maximum absolute atomic E-state index is 2.44. The first-order chi connectivity index (χ1) is 7.41. The second-order valence-corrected chi connectivity index (χ2v) is 6.59. The van der Waals surface area contributed by atoms with Crippen LogP contribution in [0.4, 0.5) is 0 Å². The third kappa shape index (κ3) is 2.31. The van der Waals surface area contributed by atoms with Crippen LogP contribution < -0.4 is 0 Å². The Morgan fingerprint density at radius 1 is 0.812 bits per heavy atom. The average molecular weight is 216 g/mol. The molecule has 1 aromatic carbocycles. The summed E-state index contributed by atoms with van der Waals surface area (Å²) in [5, 5.41) is 0. The molecular weight excluding hydrogens is 192 g/mol. The van der Waals surface area contributed by atoms with E-state index in [2.05, 4.69) is 52.0 Å². The van der Waals surface area contributed by atoms with Gasteiger partial charge in [0.15, 0.2) is 0 Å². The number of rotatable bonds is 1. The minimum atomic E-state index is 0.420. The van der Waals surface area contributed by atoms with Gasteiger partial charge in [-0.2, -0.15) is 0 Å². The van der Waals surface area contributed by atoms with Crippen LogP contribution in [0.15, 0.2) is 24.3 Å². The molecule has 88 valence electrons. The van der Waals surface area contributed by atoms with Crippen LogP contribution in [0.25, 0.3) is 0 Å². The van der Waals surface area contributed by atoms with Gasteiger partial charge in [0.2, 0.25) is 0 Å². The van der Waals surface area contributed by atoms with E-state index in [9.17, 15) is 0 Å². The van der Waals surface area contributed by atoms with Gasteiger partial charge in [0, 0.05) is 0 Å². The lowest BCUT2D eigenvalue weighted by molar-refractivity contribution is 0.173. The van der Waals surface area contributed by atoms with Gasteiger partial charge in [0.05, 0.1) is 0 Å². The lowest BCUT2D eigenvalue weighted by Crippen LogP contribution is -2.32. The van der Waals surface area contributed by atoms with Crippen molar-refractivity contribution in [3.63, 3.8) is 0 Å². The second-order valence-electron chi connectivity index (χ2n) is 6.59. The first-order valence-electron chi connectivity index (χ1n) is 6.49. The van der Waals surface area contributed by atoms with Gasteiger partial charge < -0.3 is 0 Å². The van der Waals surface area contributed by atoms with Crippen molar-refractivity contribution in [1.82, 2.24) is 0 Å². The molecule has 0 bridgehead atoms. The zero-order valence-corrected chi connectivity index (χ0v) is 11.1. The molecule has 0 N–H and O–H groups in total. The quantitative estimate of drug-likeness (QED) is 0.629. The second kappa shape index (κ2) is 3.91. The molecule has 2 rings (SSSR count). The SMILES string of the molecule is Cc1ccc(C2(C)CCC(C)(C)CC2)cc1. The Hall–Kier alpha value is -0.780. The molecule has 16 heavy (non-hydrogen) atoms. The van der Waals surface area contributed by atoms with E-state index in [1.54, 1.807) is 0 Å². The molecule has 1 aliphatic rings. The summed E-state index contributed by atoms with van der Waals surface area (Å²) in [6.45, 7) is 9.41. The predicted octanol–water partition coefficient (Wildman–Crippen LogP) is 4.85. The Bertz CT molecular complexity index is 346. The highest BCUT2D eigenvalue weighted by molar-refractivity contribution is 5.28. The van der Waals surface area contributed by atoms with Crippen LogP contribution in [0.3, 0.4) is 0 Å². The van der Waals surface area contributed by atoms with Gasteiger partial charge in [-0.25, -0.2) is 0 Å². The van der Waals surface area contributed by atoms with Crippen LogP contribution in [-0.2, 0) is 5.41 Å². The summed E-state index contributed by atoms with van der Waals surface area (Å²) >= 11 is 0. The fraction of sp³-hybridized carbons (Fsp3) is 0.625. The van der Waals surface area contributed by atoms with Crippen LogP contribution in [0.5, 0.6) is 0 Å². The average Bonchev–Trinajstić information content (AvgIpc) is 2.24. The van der Waals surface area contributed by atoms with Gasteiger partial charge >= 0.3 is 0 Å². The van der Waals surface area contributed by atoms with Gasteiger partial charge in [-0.3, -0.25) is 0 Å². The van der Waals surface area contributed by atoms with E-state index in [1.165, 1.54) is 36.8 Å². The van der Waals surface area contributed by atoms with Crippen molar-refractivity contribution < 1.29 is 0 Å². The first kappa shape index (κ1) is 11.7. The van der Waals surface area contributed by atoms with E-state index in [-0.39, 0.29) is 0 Å². The fourth-order valence-corrected chi connectivity index (χ4v) is 2.72. The standard InChI is InChI=1S/C16H24/c1-13-5-7-14(8-6-13)16(4)11-9-15(2,3)10-12-16/h5-8H,9-12H2,1-4H3. The van der Waals surface area contributed by atoms with Gasteiger partial charge in [-0.1, -0.05) is 50.6 Å². The van der Waals surface area contributed by atoms with Crippen molar-refractivity contribution in [3.05, 3.63) is 35.4 Å². The van der Waals surface area contributed by atoms with Crippen molar-refractivity contribution in [3.8, 4) is 0 Å². The van der Waals surface area contributed by atoms with E-state index in [4.69, 9.17) is 0 Å². The summed E-state index contributed by atoms with van der Waals surface area (Å²) in [4.78, 5) is 0. The van der Waals surface area contributed by atoms with E-state index >= 15 is 0 Å². The minimum absolute atomic E-state index is 0.420. The third-order valence-electron chi connectivity index (χ3n) is 4.46.